The number of fused-ring (bicyclic) bond motifs is 1. The summed E-state index contributed by atoms with van der Waals surface area (Å²) in [5.74, 6) is 0.728. The molecule has 4 rings (SSSR count). The molecule has 0 aliphatic carbocycles. The fourth-order valence-electron chi connectivity index (χ4n) is 3.84. The van der Waals surface area contributed by atoms with Gasteiger partial charge in [-0.2, -0.15) is 5.26 Å². The molecule has 0 radical (unpaired) electrons. The van der Waals surface area contributed by atoms with E-state index in [9.17, 15) is 10.1 Å². The number of allylic oxidation sites excluding steroid dienone is 1. The number of nitrogens with zero attached hydrogens (tertiary/aromatic N) is 3. The fourth-order valence-corrected chi connectivity index (χ4v) is 5.41. The van der Waals surface area contributed by atoms with Crippen LogP contribution in [0, 0.1) is 14.9 Å². The van der Waals surface area contributed by atoms with Crippen LogP contribution < -0.4 is 9.47 Å². The number of amidine groups is 1. The standard InChI is InChI=1S/C25H22IN3O4S/c1-4-32-24(30)21-15(2)28-25-29(9-10-34-25)22(21)18-11-19(26)23(20(12-18)31-3)33-14-17-8-6-5-7-16(17)13-27/h5-12,22H,4,14H2,1-3H3/t22-/m0/s1. The molecule has 1 atom stereocenters. The van der Waals surface area contributed by atoms with Crippen LogP contribution >= 0.6 is 34.4 Å². The highest BCUT2D eigenvalue weighted by Crippen LogP contribution is 2.44. The number of aliphatic imine (C=N–C) groups is 1. The highest BCUT2D eigenvalue weighted by molar-refractivity contribution is 14.1. The number of rotatable bonds is 7. The van der Waals surface area contributed by atoms with E-state index in [2.05, 4.69) is 33.7 Å². The summed E-state index contributed by atoms with van der Waals surface area (Å²) in [4.78, 5) is 19.5. The summed E-state index contributed by atoms with van der Waals surface area (Å²) >= 11 is 3.71. The van der Waals surface area contributed by atoms with Crippen molar-refractivity contribution < 1.29 is 19.0 Å². The lowest BCUT2D eigenvalue weighted by molar-refractivity contribution is -0.139. The average Bonchev–Trinajstić information content (AvgIpc) is 3.30. The molecule has 2 aromatic carbocycles. The molecule has 0 bridgehead atoms. The van der Waals surface area contributed by atoms with Crippen molar-refractivity contribution in [2.24, 2.45) is 4.99 Å². The van der Waals surface area contributed by atoms with Gasteiger partial charge < -0.3 is 19.1 Å². The monoisotopic (exact) mass is 587 g/mol. The Bertz CT molecular complexity index is 1270. The Balaban J connectivity index is 1.72. The zero-order chi connectivity index (χ0) is 24.2. The van der Waals surface area contributed by atoms with Gasteiger partial charge in [-0.15, -0.1) is 0 Å². The molecule has 7 nitrogen and oxygen atoms in total. The van der Waals surface area contributed by atoms with Crippen molar-refractivity contribution in [3.8, 4) is 17.6 Å². The summed E-state index contributed by atoms with van der Waals surface area (Å²) < 4.78 is 18.0. The fraction of sp³-hybridized carbons (Fsp3) is 0.240. The van der Waals surface area contributed by atoms with Crippen molar-refractivity contribution >= 4 is 45.5 Å². The third kappa shape index (κ3) is 4.65. The van der Waals surface area contributed by atoms with Gasteiger partial charge in [-0.1, -0.05) is 30.0 Å². The van der Waals surface area contributed by atoms with Gasteiger partial charge in [0, 0.05) is 11.8 Å². The third-order valence-electron chi connectivity index (χ3n) is 5.39. The smallest absolute Gasteiger partial charge is 0.338 e. The highest BCUT2D eigenvalue weighted by Gasteiger charge is 2.38. The van der Waals surface area contributed by atoms with Crippen LogP contribution in [-0.2, 0) is 16.1 Å². The minimum Gasteiger partial charge on any atom is -0.493 e. The molecule has 0 fully saturated rings. The molecule has 2 aliphatic rings. The number of carbonyl (C=O) groups is 1. The van der Waals surface area contributed by atoms with Gasteiger partial charge in [-0.05, 0) is 65.6 Å². The first-order valence-electron chi connectivity index (χ1n) is 10.5. The topological polar surface area (TPSA) is 84.1 Å². The van der Waals surface area contributed by atoms with Crippen LogP contribution in [0.5, 0.6) is 11.5 Å². The van der Waals surface area contributed by atoms with E-state index >= 15 is 0 Å². The SMILES string of the molecule is CCOC(=O)C1=C(C)N=C2SC=CN2[C@H]1c1cc(I)c(OCc2ccccc2C#N)c(OC)c1. The first-order valence-corrected chi connectivity index (χ1v) is 12.5. The van der Waals surface area contributed by atoms with E-state index < -0.39 is 6.04 Å². The second-order valence-corrected chi connectivity index (χ2v) is 9.45. The van der Waals surface area contributed by atoms with E-state index in [1.165, 1.54) is 11.8 Å². The molecular formula is C25H22IN3O4S. The quantitative estimate of drug-likeness (QED) is 0.312. The van der Waals surface area contributed by atoms with E-state index in [-0.39, 0.29) is 19.2 Å². The van der Waals surface area contributed by atoms with Crippen molar-refractivity contribution in [2.75, 3.05) is 13.7 Å². The Hall–Kier alpha value is -2.97. The number of nitriles is 1. The normalized spacial score (nSPS) is 16.6. The van der Waals surface area contributed by atoms with Gasteiger partial charge in [0.1, 0.15) is 6.61 Å². The van der Waals surface area contributed by atoms with Crippen LogP contribution in [0.1, 0.15) is 36.6 Å². The summed E-state index contributed by atoms with van der Waals surface area (Å²) in [6.45, 7) is 4.12. The summed E-state index contributed by atoms with van der Waals surface area (Å²) in [5.41, 5.74) is 3.34. The van der Waals surface area contributed by atoms with E-state index in [1.807, 2.05) is 53.8 Å². The average molecular weight is 587 g/mol. The van der Waals surface area contributed by atoms with Crippen LogP contribution in [0.2, 0.25) is 0 Å². The number of hydrogen-bond donors (Lipinski definition) is 0. The van der Waals surface area contributed by atoms with Gasteiger partial charge in [0.05, 0.1) is 46.2 Å². The molecule has 0 unspecified atom stereocenters. The molecule has 0 saturated heterocycles. The molecule has 2 heterocycles. The van der Waals surface area contributed by atoms with Crippen molar-refractivity contribution in [1.82, 2.24) is 4.90 Å². The Labute approximate surface area is 216 Å². The van der Waals surface area contributed by atoms with Crippen molar-refractivity contribution in [3.05, 3.63) is 79.5 Å². The Morgan fingerprint density at radius 1 is 1.32 bits per heavy atom. The highest BCUT2D eigenvalue weighted by atomic mass is 127. The molecule has 0 N–H and O–H groups in total. The van der Waals surface area contributed by atoms with Crippen LogP contribution in [0.15, 0.2) is 64.3 Å². The number of esters is 1. The lowest BCUT2D eigenvalue weighted by Gasteiger charge is -2.33. The molecule has 2 aromatic rings. The van der Waals surface area contributed by atoms with E-state index in [4.69, 9.17) is 14.2 Å². The van der Waals surface area contributed by atoms with Crippen LogP contribution in [-0.4, -0.2) is 29.8 Å². The molecule has 9 heteroatoms. The van der Waals surface area contributed by atoms with Crippen LogP contribution in [0.3, 0.4) is 0 Å². The number of hydrogen-bond acceptors (Lipinski definition) is 8. The molecule has 2 aliphatic heterocycles. The Kier molecular flexibility index (Phi) is 7.48. The molecule has 0 saturated carbocycles. The van der Waals surface area contributed by atoms with Crippen LogP contribution in [0.25, 0.3) is 0 Å². The van der Waals surface area contributed by atoms with E-state index in [1.54, 1.807) is 20.1 Å². The van der Waals surface area contributed by atoms with Gasteiger partial charge in [-0.3, -0.25) is 0 Å². The number of ether oxygens (including phenoxy) is 3. The Morgan fingerprint density at radius 2 is 2.12 bits per heavy atom. The first-order chi connectivity index (χ1) is 16.5. The van der Waals surface area contributed by atoms with Crippen molar-refractivity contribution in [3.63, 3.8) is 0 Å². The van der Waals surface area contributed by atoms with Crippen molar-refractivity contribution in [1.29, 1.82) is 5.26 Å². The molecule has 0 aromatic heterocycles. The summed E-state index contributed by atoms with van der Waals surface area (Å²) in [7, 11) is 1.58. The lowest BCUT2D eigenvalue weighted by atomic mass is 9.94. The maximum atomic E-state index is 12.9. The number of carbonyl (C=O) groups excluding carboxylic acids is 1. The minimum atomic E-state index is -0.409. The predicted molar refractivity (Wildman–Crippen MR) is 139 cm³/mol. The first kappa shape index (κ1) is 24.2. The van der Waals surface area contributed by atoms with Gasteiger partial charge in [0.15, 0.2) is 16.7 Å². The van der Waals surface area contributed by atoms with E-state index in [0.29, 0.717) is 28.3 Å². The van der Waals surface area contributed by atoms with Gasteiger partial charge in [0.2, 0.25) is 0 Å². The lowest BCUT2D eigenvalue weighted by Crippen LogP contribution is -2.34. The summed E-state index contributed by atoms with van der Waals surface area (Å²) in [5, 5.41) is 12.1. The molecule has 34 heavy (non-hydrogen) atoms. The molecular weight excluding hydrogens is 565 g/mol. The zero-order valence-electron chi connectivity index (χ0n) is 18.9. The second kappa shape index (κ2) is 10.5. The van der Waals surface area contributed by atoms with Gasteiger partial charge in [-0.25, -0.2) is 9.79 Å². The van der Waals surface area contributed by atoms with Crippen LogP contribution in [0.4, 0.5) is 0 Å². The zero-order valence-corrected chi connectivity index (χ0v) is 21.8. The molecule has 174 valence electrons. The largest absolute Gasteiger partial charge is 0.493 e. The predicted octanol–water partition coefficient (Wildman–Crippen LogP) is 5.52. The summed E-state index contributed by atoms with van der Waals surface area (Å²) in [6.07, 6.45) is 1.92. The van der Waals surface area contributed by atoms with Gasteiger partial charge in [0.25, 0.3) is 0 Å². The second-order valence-electron chi connectivity index (χ2n) is 7.42. The molecule has 0 spiro atoms. The van der Waals surface area contributed by atoms with E-state index in [0.717, 1.165) is 19.9 Å². The maximum Gasteiger partial charge on any atom is 0.338 e. The summed E-state index contributed by atoms with van der Waals surface area (Å²) in [6, 6.07) is 13.0. The number of thioether (sulfide) groups is 1. The third-order valence-corrected chi connectivity index (χ3v) is 6.97. The minimum absolute atomic E-state index is 0.230. The maximum absolute atomic E-state index is 12.9. The number of halogens is 1. The number of methoxy groups -OCH3 is 1. The Morgan fingerprint density at radius 3 is 2.85 bits per heavy atom. The molecule has 0 amide bonds. The number of benzene rings is 2. The van der Waals surface area contributed by atoms with Crippen molar-refractivity contribution in [2.45, 2.75) is 26.5 Å². The van der Waals surface area contributed by atoms with Gasteiger partial charge >= 0.3 is 5.97 Å².